The van der Waals surface area contributed by atoms with Crippen LogP contribution >= 0.6 is 0 Å². The van der Waals surface area contributed by atoms with Crippen molar-refractivity contribution in [2.75, 3.05) is 7.11 Å². The average molecular weight is 258 g/mol. The van der Waals surface area contributed by atoms with Gasteiger partial charge in [0.15, 0.2) is 0 Å². The van der Waals surface area contributed by atoms with Gasteiger partial charge in [0, 0.05) is 0 Å². The molecule has 0 N–H and O–H groups in total. The molecule has 1 aromatic rings. The number of benzene rings is 1. The molecule has 0 aliphatic heterocycles. The van der Waals surface area contributed by atoms with Gasteiger partial charge in [-0.1, -0.05) is 29.7 Å². The fourth-order valence-electron chi connectivity index (χ4n) is 1.66. The summed E-state index contributed by atoms with van der Waals surface area (Å²) in [6.45, 7) is 4.71. The summed E-state index contributed by atoms with van der Waals surface area (Å²) in [5, 5.41) is 0. The van der Waals surface area contributed by atoms with Gasteiger partial charge >= 0.3 is 0 Å². The Balaban J connectivity index is 2.40. The Hall–Kier alpha value is -1.72. The van der Waals surface area contributed by atoms with Gasteiger partial charge in [0.2, 0.25) is 0 Å². The van der Waals surface area contributed by atoms with Crippen molar-refractivity contribution in [2.24, 2.45) is 0 Å². The molecule has 1 rings (SSSR count). The lowest BCUT2D eigenvalue weighted by molar-refractivity contribution is 0.0734. The summed E-state index contributed by atoms with van der Waals surface area (Å²) in [4.78, 5) is 0. The highest BCUT2D eigenvalue weighted by molar-refractivity contribution is 5.26. The van der Waals surface area contributed by atoms with Crippen molar-refractivity contribution in [1.82, 2.24) is 0 Å². The van der Waals surface area contributed by atoms with Crippen LogP contribution in [0.25, 0.3) is 0 Å². The van der Waals surface area contributed by atoms with Crippen LogP contribution in [-0.4, -0.2) is 13.2 Å². The van der Waals surface area contributed by atoms with E-state index in [4.69, 9.17) is 15.9 Å². The molecule has 0 heterocycles. The second-order valence-electron chi connectivity index (χ2n) is 4.67. The van der Waals surface area contributed by atoms with E-state index >= 15 is 0 Å². The maximum atomic E-state index is 5.73. The van der Waals surface area contributed by atoms with Gasteiger partial charge in [0.05, 0.1) is 13.7 Å². The average Bonchev–Trinajstić information content (AvgIpc) is 2.42. The van der Waals surface area contributed by atoms with E-state index in [2.05, 4.69) is 25.8 Å². The number of allylic oxidation sites excluding steroid dienone is 2. The maximum Gasteiger partial charge on any atom is 0.118 e. The first kappa shape index (κ1) is 15.3. The first-order chi connectivity index (χ1) is 9.15. The minimum absolute atomic E-state index is 0.127. The van der Waals surface area contributed by atoms with Gasteiger partial charge in [-0.15, -0.1) is 6.42 Å². The normalized spacial score (nSPS) is 11.5. The Bertz CT molecular complexity index is 433. The molecular weight excluding hydrogens is 236 g/mol. The third-order valence-corrected chi connectivity index (χ3v) is 2.78. The molecule has 0 aliphatic carbocycles. The van der Waals surface area contributed by atoms with Crippen LogP contribution in [0, 0.1) is 12.3 Å². The van der Waals surface area contributed by atoms with E-state index in [1.54, 1.807) is 7.11 Å². The van der Waals surface area contributed by atoms with Gasteiger partial charge < -0.3 is 9.47 Å². The first-order valence-corrected chi connectivity index (χ1v) is 6.49. The molecule has 102 valence electrons. The largest absolute Gasteiger partial charge is 0.497 e. The number of methoxy groups -OCH3 is 1. The topological polar surface area (TPSA) is 18.5 Å². The van der Waals surface area contributed by atoms with Gasteiger partial charge in [0.25, 0.3) is 0 Å². The monoisotopic (exact) mass is 258 g/mol. The van der Waals surface area contributed by atoms with Crippen molar-refractivity contribution in [2.45, 2.75) is 39.4 Å². The summed E-state index contributed by atoms with van der Waals surface area (Å²) in [5.41, 5.74) is 2.41. The maximum absolute atomic E-state index is 5.73. The molecule has 0 aliphatic rings. The molecule has 0 saturated carbocycles. The summed E-state index contributed by atoms with van der Waals surface area (Å²) >= 11 is 0. The van der Waals surface area contributed by atoms with Crippen LogP contribution < -0.4 is 4.74 Å². The number of hydrogen-bond donors (Lipinski definition) is 0. The molecule has 0 spiro atoms. The summed E-state index contributed by atoms with van der Waals surface area (Å²) in [6, 6.07) is 7.82. The van der Waals surface area contributed by atoms with Crippen LogP contribution in [0.5, 0.6) is 5.75 Å². The first-order valence-electron chi connectivity index (χ1n) is 6.49. The summed E-state index contributed by atoms with van der Waals surface area (Å²) < 4.78 is 10.8. The molecule has 1 unspecified atom stereocenters. The van der Waals surface area contributed by atoms with E-state index in [0.29, 0.717) is 6.61 Å². The van der Waals surface area contributed by atoms with E-state index < -0.39 is 0 Å². The molecule has 19 heavy (non-hydrogen) atoms. The highest BCUT2D eigenvalue weighted by Gasteiger charge is 2.04. The SMILES string of the molecule is C#CC(CCC=C(C)C)OCc1ccc(OC)cc1. The Morgan fingerprint density at radius 1 is 1.32 bits per heavy atom. The minimum atomic E-state index is -0.127. The van der Waals surface area contributed by atoms with Crippen molar-refractivity contribution < 1.29 is 9.47 Å². The minimum Gasteiger partial charge on any atom is -0.497 e. The molecule has 0 radical (unpaired) electrons. The van der Waals surface area contributed by atoms with E-state index in [-0.39, 0.29) is 6.10 Å². The second-order valence-corrected chi connectivity index (χ2v) is 4.67. The summed E-state index contributed by atoms with van der Waals surface area (Å²) in [6.07, 6.45) is 9.36. The fraction of sp³-hybridized carbons (Fsp3) is 0.412. The lowest BCUT2D eigenvalue weighted by Gasteiger charge is -2.11. The predicted octanol–water partition coefficient (Wildman–Crippen LogP) is 3.96. The molecule has 2 heteroatoms. The van der Waals surface area contributed by atoms with Crippen molar-refractivity contribution in [3.8, 4) is 18.1 Å². The van der Waals surface area contributed by atoms with Gasteiger partial charge in [-0.05, 0) is 44.4 Å². The van der Waals surface area contributed by atoms with Gasteiger partial charge in [0.1, 0.15) is 11.9 Å². The Morgan fingerprint density at radius 3 is 2.53 bits per heavy atom. The number of ether oxygens (including phenoxy) is 2. The van der Waals surface area contributed by atoms with Crippen LogP contribution in [0.15, 0.2) is 35.9 Å². The highest BCUT2D eigenvalue weighted by Crippen LogP contribution is 2.13. The molecule has 0 fully saturated rings. The van der Waals surface area contributed by atoms with Gasteiger partial charge in [-0.2, -0.15) is 0 Å². The Labute approximate surface area is 116 Å². The van der Waals surface area contributed by atoms with Gasteiger partial charge in [-0.25, -0.2) is 0 Å². The zero-order valence-electron chi connectivity index (χ0n) is 12.0. The summed E-state index contributed by atoms with van der Waals surface area (Å²) in [7, 11) is 1.66. The smallest absolute Gasteiger partial charge is 0.118 e. The highest BCUT2D eigenvalue weighted by atomic mass is 16.5. The van der Waals surface area contributed by atoms with Crippen LogP contribution in [0.1, 0.15) is 32.3 Å². The Kier molecular flexibility index (Phi) is 6.78. The molecule has 0 bridgehead atoms. The van der Waals surface area contributed by atoms with Crippen LogP contribution in [-0.2, 0) is 11.3 Å². The third-order valence-electron chi connectivity index (χ3n) is 2.78. The predicted molar refractivity (Wildman–Crippen MR) is 79.1 cm³/mol. The van der Waals surface area contributed by atoms with Crippen LogP contribution in [0.3, 0.4) is 0 Å². The molecular formula is C17H22O2. The van der Waals surface area contributed by atoms with E-state index in [9.17, 15) is 0 Å². The number of terminal acetylenes is 1. The molecule has 1 aromatic carbocycles. The molecule has 0 aromatic heterocycles. The lowest BCUT2D eigenvalue weighted by atomic mass is 10.1. The standard InChI is InChI=1S/C17H22O2/c1-5-16(8-6-7-14(2)3)19-13-15-9-11-17(18-4)12-10-15/h1,7,9-12,16H,6,8,13H2,2-4H3. The van der Waals surface area contributed by atoms with E-state index in [1.807, 2.05) is 24.3 Å². The summed E-state index contributed by atoms with van der Waals surface area (Å²) in [5.74, 6) is 3.54. The molecule has 1 atom stereocenters. The van der Waals surface area contributed by atoms with E-state index in [1.165, 1.54) is 5.57 Å². The van der Waals surface area contributed by atoms with Crippen molar-refractivity contribution in [3.05, 3.63) is 41.5 Å². The zero-order chi connectivity index (χ0) is 14.1. The van der Waals surface area contributed by atoms with Crippen molar-refractivity contribution in [3.63, 3.8) is 0 Å². The molecule has 0 saturated heterocycles. The lowest BCUT2D eigenvalue weighted by Crippen LogP contribution is -2.09. The zero-order valence-corrected chi connectivity index (χ0v) is 12.0. The van der Waals surface area contributed by atoms with Crippen LogP contribution in [0.4, 0.5) is 0 Å². The Morgan fingerprint density at radius 2 is 2.00 bits per heavy atom. The van der Waals surface area contributed by atoms with Crippen molar-refractivity contribution >= 4 is 0 Å². The number of hydrogen-bond acceptors (Lipinski definition) is 2. The van der Waals surface area contributed by atoms with Crippen molar-refractivity contribution in [1.29, 1.82) is 0 Å². The molecule has 2 nitrogen and oxygen atoms in total. The molecule has 0 amide bonds. The van der Waals surface area contributed by atoms with E-state index in [0.717, 1.165) is 24.2 Å². The number of rotatable bonds is 7. The van der Waals surface area contributed by atoms with Crippen LogP contribution in [0.2, 0.25) is 0 Å². The van der Waals surface area contributed by atoms with Gasteiger partial charge in [-0.3, -0.25) is 0 Å². The second kappa shape index (κ2) is 8.39. The third kappa shape index (κ3) is 6.13. The quantitative estimate of drug-likeness (QED) is 0.544. The fourth-order valence-corrected chi connectivity index (χ4v) is 1.66.